The fourth-order valence-electron chi connectivity index (χ4n) is 1.35. The Morgan fingerprint density at radius 2 is 2.12 bits per heavy atom. The highest BCUT2D eigenvalue weighted by Gasteiger charge is 2.31. The fourth-order valence-corrected chi connectivity index (χ4v) is 1.78. The maximum Gasteiger partial charge on any atom is 0.302 e. The van der Waals surface area contributed by atoms with Crippen LogP contribution in [0.15, 0.2) is 4.42 Å². The number of carbonyl (C=O) groups is 1. The lowest BCUT2D eigenvalue weighted by atomic mass is 10.4. The lowest BCUT2D eigenvalue weighted by Gasteiger charge is -1.98. The monoisotopic (exact) mass is 244 g/mol. The highest BCUT2D eigenvalue weighted by Crippen LogP contribution is 2.39. The molecule has 88 valence electrons. The summed E-state index contributed by atoms with van der Waals surface area (Å²) in [5, 5.41) is 0. The Balaban J connectivity index is 2.22. The molecule has 0 bridgehead atoms. The summed E-state index contributed by atoms with van der Waals surface area (Å²) in [5.41, 5.74) is 0.419. The van der Waals surface area contributed by atoms with Crippen LogP contribution >= 0.6 is 0 Å². The van der Waals surface area contributed by atoms with Crippen LogP contribution in [0.25, 0.3) is 0 Å². The molecule has 1 aromatic rings. The third-order valence-corrected chi connectivity index (χ3v) is 2.78. The number of hydrogen-bond donors (Lipinski definition) is 1. The summed E-state index contributed by atoms with van der Waals surface area (Å²) in [5.74, 6) is 0.0290. The van der Waals surface area contributed by atoms with Crippen molar-refractivity contribution in [2.24, 2.45) is 0 Å². The minimum atomic E-state index is -3.57. The van der Waals surface area contributed by atoms with Crippen molar-refractivity contribution in [2.45, 2.75) is 25.7 Å². The van der Waals surface area contributed by atoms with Gasteiger partial charge in [0.1, 0.15) is 0 Å². The van der Waals surface area contributed by atoms with Crippen LogP contribution in [-0.2, 0) is 10.0 Å². The summed E-state index contributed by atoms with van der Waals surface area (Å²) >= 11 is 0. The normalized spacial score (nSPS) is 16.1. The zero-order valence-electron chi connectivity index (χ0n) is 8.98. The first-order chi connectivity index (χ1) is 7.37. The number of oxazole rings is 1. The molecule has 2 rings (SSSR count). The zero-order valence-corrected chi connectivity index (χ0v) is 9.80. The minimum Gasteiger partial charge on any atom is -0.435 e. The Morgan fingerprint density at radius 1 is 1.50 bits per heavy atom. The van der Waals surface area contributed by atoms with Gasteiger partial charge in [0.05, 0.1) is 11.9 Å². The maximum atomic E-state index is 11.5. The summed E-state index contributed by atoms with van der Waals surface area (Å²) < 4.78 is 28.9. The van der Waals surface area contributed by atoms with Gasteiger partial charge in [-0.2, -0.15) is 0 Å². The number of rotatable bonds is 3. The topological polar surface area (TPSA) is 89.3 Å². The Kier molecular flexibility index (Phi) is 2.49. The van der Waals surface area contributed by atoms with Crippen molar-refractivity contribution in [3.63, 3.8) is 0 Å². The van der Waals surface area contributed by atoms with E-state index in [0.29, 0.717) is 17.5 Å². The average Bonchev–Trinajstić information content (AvgIpc) is 2.87. The standard InChI is InChI=1S/C9H12N2O4S/c1-5-7(8(12)11-16(2,13)14)15-9(10-5)6-3-4-6/h6H,3-4H2,1-2H3,(H,11,12). The quantitative estimate of drug-likeness (QED) is 0.838. The molecule has 0 unspecified atom stereocenters. The van der Waals surface area contributed by atoms with E-state index in [1.165, 1.54) is 0 Å². The first kappa shape index (κ1) is 11.1. The molecule has 0 atom stereocenters. The summed E-state index contributed by atoms with van der Waals surface area (Å²) in [6.07, 6.45) is 2.93. The van der Waals surface area contributed by atoms with Gasteiger partial charge in [-0.1, -0.05) is 0 Å². The summed E-state index contributed by atoms with van der Waals surface area (Å²) in [6.45, 7) is 1.62. The van der Waals surface area contributed by atoms with Crippen molar-refractivity contribution < 1.29 is 17.6 Å². The Hall–Kier alpha value is -1.37. The molecule has 0 radical (unpaired) electrons. The Morgan fingerprint density at radius 3 is 2.62 bits per heavy atom. The second kappa shape index (κ2) is 3.58. The van der Waals surface area contributed by atoms with Crippen molar-refractivity contribution in [1.82, 2.24) is 9.71 Å². The molecular formula is C9H12N2O4S. The molecule has 6 nitrogen and oxygen atoms in total. The van der Waals surface area contributed by atoms with Crippen molar-refractivity contribution in [2.75, 3.05) is 6.26 Å². The molecule has 1 aliphatic carbocycles. The molecule has 7 heteroatoms. The van der Waals surface area contributed by atoms with Gasteiger partial charge >= 0.3 is 5.91 Å². The van der Waals surface area contributed by atoms with Crippen molar-refractivity contribution in [3.05, 3.63) is 17.3 Å². The maximum absolute atomic E-state index is 11.5. The number of amides is 1. The van der Waals surface area contributed by atoms with Gasteiger partial charge in [-0.25, -0.2) is 18.1 Å². The molecule has 0 aromatic carbocycles. The number of sulfonamides is 1. The molecule has 1 heterocycles. The predicted molar refractivity (Wildman–Crippen MR) is 55.5 cm³/mol. The number of aryl methyl sites for hydroxylation is 1. The second-order valence-corrected chi connectivity index (χ2v) is 5.69. The van der Waals surface area contributed by atoms with E-state index >= 15 is 0 Å². The number of nitrogens with zero attached hydrogens (tertiary/aromatic N) is 1. The molecular weight excluding hydrogens is 232 g/mol. The molecule has 1 saturated carbocycles. The molecule has 1 N–H and O–H groups in total. The lowest BCUT2D eigenvalue weighted by Crippen LogP contribution is -2.29. The predicted octanol–water partition coefficient (Wildman–Crippen LogP) is 0.550. The van der Waals surface area contributed by atoms with Crippen LogP contribution in [0.2, 0.25) is 0 Å². The van der Waals surface area contributed by atoms with Gasteiger partial charge in [-0.15, -0.1) is 0 Å². The number of aromatic nitrogens is 1. The van der Waals surface area contributed by atoms with E-state index in [1.54, 1.807) is 6.92 Å². The van der Waals surface area contributed by atoms with E-state index in [0.717, 1.165) is 19.1 Å². The van der Waals surface area contributed by atoms with Crippen LogP contribution in [0.5, 0.6) is 0 Å². The lowest BCUT2D eigenvalue weighted by molar-refractivity contribution is 0.0952. The minimum absolute atomic E-state index is 0.0210. The fraction of sp³-hybridized carbons (Fsp3) is 0.556. The van der Waals surface area contributed by atoms with Crippen molar-refractivity contribution >= 4 is 15.9 Å². The summed E-state index contributed by atoms with van der Waals surface area (Å²) in [4.78, 5) is 15.6. The highest BCUT2D eigenvalue weighted by atomic mass is 32.2. The Labute approximate surface area is 93.1 Å². The zero-order chi connectivity index (χ0) is 11.9. The van der Waals surface area contributed by atoms with E-state index in [-0.39, 0.29) is 5.76 Å². The SMILES string of the molecule is Cc1nc(C2CC2)oc1C(=O)NS(C)(=O)=O. The molecule has 1 aliphatic rings. The van der Waals surface area contributed by atoms with Gasteiger partial charge in [0.25, 0.3) is 0 Å². The van der Waals surface area contributed by atoms with Gasteiger partial charge in [0.15, 0.2) is 5.89 Å². The van der Waals surface area contributed by atoms with Gasteiger partial charge in [-0.3, -0.25) is 4.79 Å². The number of nitrogens with one attached hydrogen (secondary N) is 1. The third-order valence-electron chi connectivity index (χ3n) is 2.22. The molecule has 1 aromatic heterocycles. The molecule has 0 spiro atoms. The first-order valence-electron chi connectivity index (χ1n) is 4.86. The van der Waals surface area contributed by atoms with Crippen LogP contribution in [0.4, 0.5) is 0 Å². The van der Waals surface area contributed by atoms with E-state index < -0.39 is 15.9 Å². The van der Waals surface area contributed by atoms with Crippen LogP contribution in [-0.4, -0.2) is 25.6 Å². The van der Waals surface area contributed by atoms with E-state index in [1.807, 2.05) is 4.72 Å². The highest BCUT2D eigenvalue weighted by molar-refractivity contribution is 7.89. The smallest absolute Gasteiger partial charge is 0.302 e. The van der Waals surface area contributed by atoms with E-state index in [9.17, 15) is 13.2 Å². The largest absolute Gasteiger partial charge is 0.435 e. The second-order valence-electron chi connectivity index (χ2n) is 3.94. The molecule has 1 amide bonds. The van der Waals surface area contributed by atoms with E-state index in [4.69, 9.17) is 4.42 Å². The molecule has 1 fully saturated rings. The van der Waals surface area contributed by atoms with Crippen LogP contribution < -0.4 is 4.72 Å². The van der Waals surface area contributed by atoms with Gasteiger partial charge in [0, 0.05) is 5.92 Å². The van der Waals surface area contributed by atoms with Crippen molar-refractivity contribution in [3.8, 4) is 0 Å². The van der Waals surface area contributed by atoms with Gasteiger partial charge in [0.2, 0.25) is 15.8 Å². The first-order valence-corrected chi connectivity index (χ1v) is 6.75. The summed E-state index contributed by atoms with van der Waals surface area (Å²) in [6, 6.07) is 0. The van der Waals surface area contributed by atoms with Gasteiger partial charge in [-0.05, 0) is 19.8 Å². The van der Waals surface area contributed by atoms with Crippen molar-refractivity contribution in [1.29, 1.82) is 0 Å². The molecule has 0 saturated heterocycles. The Bertz CT molecular complexity index is 528. The number of hydrogen-bond acceptors (Lipinski definition) is 5. The van der Waals surface area contributed by atoms with Gasteiger partial charge < -0.3 is 4.42 Å². The molecule has 0 aliphatic heterocycles. The van der Waals surface area contributed by atoms with Crippen LogP contribution in [0.1, 0.15) is 40.9 Å². The number of carbonyl (C=O) groups excluding carboxylic acids is 1. The average molecular weight is 244 g/mol. The van der Waals surface area contributed by atoms with E-state index in [2.05, 4.69) is 4.98 Å². The third kappa shape index (κ3) is 2.41. The van der Waals surface area contributed by atoms with Crippen LogP contribution in [0, 0.1) is 6.92 Å². The molecule has 16 heavy (non-hydrogen) atoms. The summed E-state index contributed by atoms with van der Waals surface area (Å²) in [7, 11) is -3.57. The van der Waals surface area contributed by atoms with Crippen LogP contribution in [0.3, 0.4) is 0 Å².